The van der Waals surface area contributed by atoms with Crippen molar-refractivity contribution in [1.29, 1.82) is 5.26 Å². The van der Waals surface area contributed by atoms with E-state index < -0.39 is 40.4 Å². The molecule has 0 unspecified atom stereocenters. The molecule has 1 N–H and O–H groups in total. The SMILES string of the molecule is N#Cc1[nH]nnc1-c1cc(C(F)(F)F)ccc1C(F)(F)F. The molecule has 0 saturated heterocycles. The van der Waals surface area contributed by atoms with Gasteiger partial charge in [0.05, 0.1) is 11.1 Å². The molecule has 0 saturated carbocycles. The smallest absolute Gasteiger partial charge is 0.247 e. The maximum absolute atomic E-state index is 12.9. The number of aromatic amines is 1. The van der Waals surface area contributed by atoms with Gasteiger partial charge < -0.3 is 0 Å². The van der Waals surface area contributed by atoms with E-state index in [9.17, 15) is 26.3 Å². The molecule has 110 valence electrons. The van der Waals surface area contributed by atoms with Crippen molar-refractivity contribution in [3.05, 3.63) is 35.0 Å². The van der Waals surface area contributed by atoms with Gasteiger partial charge in [0.25, 0.3) is 0 Å². The fourth-order valence-electron chi connectivity index (χ4n) is 1.66. The fourth-order valence-corrected chi connectivity index (χ4v) is 1.66. The summed E-state index contributed by atoms with van der Waals surface area (Å²) in [6, 6.07) is 2.39. The van der Waals surface area contributed by atoms with Crippen molar-refractivity contribution in [3.8, 4) is 17.3 Å². The van der Waals surface area contributed by atoms with Crippen molar-refractivity contribution in [2.75, 3.05) is 0 Å². The van der Waals surface area contributed by atoms with E-state index in [1.54, 1.807) is 0 Å². The topological polar surface area (TPSA) is 65.4 Å². The number of H-pyrrole nitrogens is 1. The second-order valence-electron chi connectivity index (χ2n) is 3.90. The molecule has 0 aliphatic carbocycles. The molecule has 21 heavy (non-hydrogen) atoms. The molecule has 0 radical (unpaired) electrons. The molecule has 1 aromatic heterocycles. The number of alkyl halides is 6. The van der Waals surface area contributed by atoms with Crippen LogP contribution in [-0.4, -0.2) is 15.4 Å². The summed E-state index contributed by atoms with van der Waals surface area (Å²) in [5.41, 5.74) is -4.52. The Labute approximate surface area is 113 Å². The van der Waals surface area contributed by atoms with Gasteiger partial charge in [-0.3, -0.25) is 0 Å². The lowest BCUT2D eigenvalue weighted by atomic mass is 9.99. The number of nitrogens with one attached hydrogen (secondary N) is 1. The number of aromatic nitrogens is 3. The van der Waals surface area contributed by atoms with E-state index in [1.165, 1.54) is 6.07 Å². The summed E-state index contributed by atoms with van der Waals surface area (Å²) >= 11 is 0. The van der Waals surface area contributed by atoms with Crippen LogP contribution in [0.5, 0.6) is 0 Å². The molecule has 1 aromatic carbocycles. The molecule has 0 amide bonds. The highest BCUT2D eigenvalue weighted by Crippen LogP contribution is 2.40. The molecule has 2 aromatic rings. The second kappa shape index (κ2) is 4.76. The van der Waals surface area contributed by atoms with Gasteiger partial charge in [0.2, 0.25) is 0 Å². The normalized spacial score (nSPS) is 12.2. The van der Waals surface area contributed by atoms with Crippen LogP contribution >= 0.6 is 0 Å². The Balaban J connectivity index is 2.74. The first-order valence-corrected chi connectivity index (χ1v) is 5.24. The zero-order chi connectivity index (χ0) is 15.8. The van der Waals surface area contributed by atoms with Crippen LogP contribution in [0.1, 0.15) is 16.8 Å². The standard InChI is InChI=1S/C11H4F6N4/c12-10(13,14)5-1-2-7(11(15,16)17)6(3-5)9-8(4-18)19-21-20-9/h1-3H,(H,19,20,21). The minimum atomic E-state index is -4.90. The molecule has 0 fully saturated rings. The lowest BCUT2D eigenvalue weighted by molar-refractivity contribution is -0.141. The van der Waals surface area contributed by atoms with Crippen LogP contribution in [0.3, 0.4) is 0 Å². The third-order valence-corrected chi connectivity index (χ3v) is 2.57. The summed E-state index contributed by atoms with van der Waals surface area (Å²) in [5.74, 6) is 0. The van der Waals surface area contributed by atoms with Crippen LogP contribution in [0, 0.1) is 11.3 Å². The first-order chi connectivity index (χ1) is 9.64. The number of rotatable bonds is 1. The van der Waals surface area contributed by atoms with Gasteiger partial charge >= 0.3 is 12.4 Å². The lowest BCUT2D eigenvalue weighted by Crippen LogP contribution is -2.11. The second-order valence-corrected chi connectivity index (χ2v) is 3.90. The molecule has 2 rings (SSSR count). The predicted molar refractivity (Wildman–Crippen MR) is 56.5 cm³/mol. The maximum atomic E-state index is 12.9. The Morgan fingerprint density at radius 1 is 1.05 bits per heavy atom. The van der Waals surface area contributed by atoms with E-state index in [-0.39, 0.29) is 0 Å². The minimum absolute atomic E-state index is 0.293. The van der Waals surface area contributed by atoms with E-state index in [2.05, 4.69) is 10.3 Å². The minimum Gasteiger partial charge on any atom is -0.247 e. The highest BCUT2D eigenvalue weighted by atomic mass is 19.4. The van der Waals surface area contributed by atoms with Crippen molar-refractivity contribution in [3.63, 3.8) is 0 Å². The molecule has 10 heteroatoms. The quantitative estimate of drug-likeness (QED) is 0.821. The zero-order valence-electron chi connectivity index (χ0n) is 9.84. The third kappa shape index (κ3) is 2.81. The summed E-state index contributed by atoms with van der Waals surface area (Å²) in [7, 11) is 0. The molecule has 0 aliphatic heterocycles. The van der Waals surface area contributed by atoms with Crippen molar-refractivity contribution >= 4 is 0 Å². The first-order valence-electron chi connectivity index (χ1n) is 5.24. The lowest BCUT2D eigenvalue weighted by Gasteiger charge is -2.14. The van der Waals surface area contributed by atoms with Crippen LogP contribution in [0.4, 0.5) is 26.3 Å². The van der Waals surface area contributed by atoms with Gasteiger partial charge in [0, 0.05) is 5.56 Å². The van der Waals surface area contributed by atoms with Gasteiger partial charge in [-0.25, -0.2) is 5.10 Å². The average molecular weight is 306 g/mol. The molecule has 4 nitrogen and oxygen atoms in total. The summed E-state index contributed by atoms with van der Waals surface area (Å²) < 4.78 is 76.5. The highest BCUT2D eigenvalue weighted by Gasteiger charge is 2.38. The van der Waals surface area contributed by atoms with E-state index in [1.807, 2.05) is 5.10 Å². The van der Waals surface area contributed by atoms with Gasteiger partial charge in [0.1, 0.15) is 11.8 Å². The van der Waals surface area contributed by atoms with Crippen molar-refractivity contribution < 1.29 is 26.3 Å². The van der Waals surface area contributed by atoms with Gasteiger partial charge in [-0.2, -0.15) is 31.6 Å². The van der Waals surface area contributed by atoms with E-state index >= 15 is 0 Å². The summed E-state index contributed by atoms with van der Waals surface area (Å²) in [6.45, 7) is 0. The number of nitrogens with zero attached hydrogens (tertiary/aromatic N) is 3. The van der Waals surface area contributed by atoms with Crippen LogP contribution < -0.4 is 0 Å². The fraction of sp³-hybridized carbons (Fsp3) is 0.182. The molecule has 0 bridgehead atoms. The van der Waals surface area contributed by atoms with Crippen LogP contribution in [0.2, 0.25) is 0 Å². The molecular formula is C11H4F6N4. The highest BCUT2D eigenvalue weighted by molar-refractivity contribution is 5.69. The van der Waals surface area contributed by atoms with Gasteiger partial charge in [-0.1, -0.05) is 5.21 Å². The van der Waals surface area contributed by atoms with Gasteiger partial charge in [-0.15, -0.1) is 5.10 Å². The number of hydrogen-bond acceptors (Lipinski definition) is 3. The van der Waals surface area contributed by atoms with Crippen LogP contribution in [0.25, 0.3) is 11.3 Å². The Hall–Kier alpha value is -2.57. The monoisotopic (exact) mass is 306 g/mol. The van der Waals surface area contributed by atoms with Gasteiger partial charge in [0.15, 0.2) is 5.69 Å². The molecule has 0 spiro atoms. The molecule has 1 heterocycles. The van der Waals surface area contributed by atoms with E-state index in [4.69, 9.17) is 5.26 Å². The van der Waals surface area contributed by atoms with E-state index in [0.29, 0.717) is 18.2 Å². The Morgan fingerprint density at radius 2 is 1.71 bits per heavy atom. The van der Waals surface area contributed by atoms with Crippen LogP contribution in [-0.2, 0) is 12.4 Å². The molecule has 0 aliphatic rings. The first kappa shape index (κ1) is 14.8. The molecule has 0 atom stereocenters. The largest absolute Gasteiger partial charge is 0.417 e. The van der Waals surface area contributed by atoms with Crippen molar-refractivity contribution in [2.24, 2.45) is 0 Å². The summed E-state index contributed by atoms with van der Waals surface area (Å²) in [4.78, 5) is 0. The zero-order valence-corrected chi connectivity index (χ0v) is 9.84. The Kier molecular flexibility index (Phi) is 3.36. The number of benzene rings is 1. The Morgan fingerprint density at radius 3 is 2.24 bits per heavy atom. The summed E-state index contributed by atoms with van der Waals surface area (Å²) in [5, 5.41) is 17.1. The third-order valence-electron chi connectivity index (χ3n) is 2.57. The Bertz CT molecular complexity index is 707. The molecular weight excluding hydrogens is 302 g/mol. The van der Waals surface area contributed by atoms with Crippen LogP contribution in [0.15, 0.2) is 18.2 Å². The number of halogens is 6. The predicted octanol–water partition coefficient (Wildman–Crippen LogP) is 3.38. The maximum Gasteiger partial charge on any atom is 0.417 e. The summed E-state index contributed by atoms with van der Waals surface area (Å²) in [6.07, 6.45) is -9.72. The van der Waals surface area contributed by atoms with E-state index in [0.717, 1.165) is 0 Å². The van der Waals surface area contributed by atoms with Crippen molar-refractivity contribution in [1.82, 2.24) is 15.4 Å². The number of nitriles is 1. The average Bonchev–Trinajstić information content (AvgIpc) is 2.84. The van der Waals surface area contributed by atoms with Crippen molar-refractivity contribution in [2.45, 2.75) is 12.4 Å². The number of hydrogen-bond donors (Lipinski definition) is 1. The van der Waals surface area contributed by atoms with Gasteiger partial charge in [-0.05, 0) is 18.2 Å².